The molecule has 2 aliphatic rings. The first-order valence-electron chi connectivity index (χ1n) is 8.40. The minimum absolute atomic E-state index is 0.0430. The molecule has 1 aliphatic heterocycles. The number of rotatable bonds is 3. The summed E-state index contributed by atoms with van der Waals surface area (Å²) in [5.74, 6) is -0.0318. The molecule has 0 bridgehead atoms. The van der Waals surface area contributed by atoms with Gasteiger partial charge >= 0.3 is 0 Å². The summed E-state index contributed by atoms with van der Waals surface area (Å²) in [6, 6.07) is 1.90. The van der Waals surface area contributed by atoms with Gasteiger partial charge in [0.25, 0.3) is 11.6 Å². The van der Waals surface area contributed by atoms with Gasteiger partial charge in [0.1, 0.15) is 0 Å². The standard InChI is InChI=1S/C17H20N4O3/c1-9-14-12(8-13(10-2-3-10)19-16(14)24-20-9)17(23)21-6-4-11(5-7-21)15(18)22/h8,10-11H,2-7H2,1H3,(H2,18,22). The SMILES string of the molecule is Cc1noc2nc(C3CC3)cc(C(=O)N3CCC(C(N)=O)CC3)c12. The number of likely N-dealkylation sites (tertiary alicyclic amines) is 1. The second-order valence-corrected chi connectivity index (χ2v) is 6.79. The number of nitrogens with two attached hydrogens (primary N) is 1. The van der Waals surface area contributed by atoms with Gasteiger partial charge < -0.3 is 15.2 Å². The van der Waals surface area contributed by atoms with Crippen molar-refractivity contribution < 1.29 is 14.1 Å². The van der Waals surface area contributed by atoms with Gasteiger partial charge in [-0.15, -0.1) is 0 Å². The quantitative estimate of drug-likeness (QED) is 0.924. The number of aromatic nitrogens is 2. The number of piperidine rings is 1. The van der Waals surface area contributed by atoms with Gasteiger partial charge in [-0.3, -0.25) is 9.59 Å². The molecule has 7 nitrogen and oxygen atoms in total. The van der Waals surface area contributed by atoms with Crippen molar-refractivity contribution in [3.63, 3.8) is 0 Å². The number of fused-ring (bicyclic) bond motifs is 1. The predicted molar refractivity (Wildman–Crippen MR) is 86.3 cm³/mol. The molecule has 3 heterocycles. The Balaban J connectivity index is 1.66. The third-order valence-corrected chi connectivity index (χ3v) is 5.05. The summed E-state index contributed by atoms with van der Waals surface area (Å²) in [5.41, 5.74) is 8.00. The first kappa shape index (κ1) is 15.1. The van der Waals surface area contributed by atoms with E-state index in [0.717, 1.165) is 18.5 Å². The maximum Gasteiger partial charge on any atom is 0.259 e. The third-order valence-electron chi connectivity index (χ3n) is 5.05. The molecule has 24 heavy (non-hydrogen) atoms. The minimum Gasteiger partial charge on any atom is -0.369 e. The van der Waals surface area contributed by atoms with Crippen LogP contribution < -0.4 is 5.73 Å². The van der Waals surface area contributed by atoms with Crippen LogP contribution in [-0.4, -0.2) is 39.9 Å². The lowest BCUT2D eigenvalue weighted by Gasteiger charge is -2.30. The number of pyridine rings is 1. The van der Waals surface area contributed by atoms with E-state index in [1.54, 1.807) is 4.90 Å². The molecule has 0 atom stereocenters. The van der Waals surface area contributed by atoms with Crippen LogP contribution in [0.5, 0.6) is 0 Å². The molecule has 2 fully saturated rings. The zero-order chi connectivity index (χ0) is 16.8. The molecule has 0 spiro atoms. The van der Waals surface area contributed by atoms with Crippen molar-refractivity contribution in [1.82, 2.24) is 15.0 Å². The third kappa shape index (κ3) is 2.53. The lowest BCUT2D eigenvalue weighted by molar-refractivity contribution is -0.123. The zero-order valence-electron chi connectivity index (χ0n) is 13.6. The lowest BCUT2D eigenvalue weighted by Crippen LogP contribution is -2.41. The van der Waals surface area contributed by atoms with Crippen molar-refractivity contribution in [2.45, 2.75) is 38.5 Å². The summed E-state index contributed by atoms with van der Waals surface area (Å²) in [7, 11) is 0. The Morgan fingerprint density at radius 2 is 1.96 bits per heavy atom. The molecule has 7 heteroatoms. The normalized spacial score (nSPS) is 19.0. The summed E-state index contributed by atoms with van der Waals surface area (Å²) in [4.78, 5) is 30.7. The highest BCUT2D eigenvalue weighted by molar-refractivity contribution is 6.06. The average molecular weight is 328 g/mol. The van der Waals surface area contributed by atoms with Crippen molar-refractivity contribution >= 4 is 22.9 Å². The molecule has 4 rings (SSSR count). The number of carbonyl (C=O) groups is 2. The van der Waals surface area contributed by atoms with Gasteiger partial charge in [-0.05, 0) is 38.7 Å². The molecular weight excluding hydrogens is 308 g/mol. The van der Waals surface area contributed by atoms with Crippen molar-refractivity contribution in [3.8, 4) is 0 Å². The summed E-state index contributed by atoms with van der Waals surface area (Å²) in [5, 5.41) is 4.67. The van der Waals surface area contributed by atoms with Gasteiger partial charge in [-0.2, -0.15) is 0 Å². The number of aryl methyl sites for hydroxylation is 1. The fourth-order valence-corrected chi connectivity index (χ4v) is 3.41. The summed E-state index contributed by atoms with van der Waals surface area (Å²) in [6.07, 6.45) is 3.44. The molecule has 2 N–H and O–H groups in total. The fraction of sp³-hybridized carbons (Fsp3) is 0.529. The van der Waals surface area contributed by atoms with E-state index in [-0.39, 0.29) is 17.7 Å². The Morgan fingerprint density at radius 3 is 2.58 bits per heavy atom. The maximum absolute atomic E-state index is 13.0. The molecule has 1 saturated carbocycles. The van der Waals surface area contributed by atoms with Crippen molar-refractivity contribution in [1.29, 1.82) is 0 Å². The molecule has 1 saturated heterocycles. The van der Waals surface area contributed by atoms with E-state index in [9.17, 15) is 9.59 Å². The smallest absolute Gasteiger partial charge is 0.259 e. The van der Waals surface area contributed by atoms with Crippen LogP contribution in [0.2, 0.25) is 0 Å². The van der Waals surface area contributed by atoms with Crippen LogP contribution in [-0.2, 0) is 4.79 Å². The summed E-state index contributed by atoms with van der Waals surface area (Å²) < 4.78 is 5.30. The van der Waals surface area contributed by atoms with E-state index in [1.165, 1.54) is 0 Å². The second-order valence-electron chi connectivity index (χ2n) is 6.79. The van der Waals surface area contributed by atoms with Gasteiger partial charge in [0, 0.05) is 30.6 Å². The molecule has 0 radical (unpaired) electrons. The Bertz CT molecular complexity index is 817. The Hall–Kier alpha value is -2.44. The van der Waals surface area contributed by atoms with E-state index in [4.69, 9.17) is 10.3 Å². The van der Waals surface area contributed by atoms with Crippen LogP contribution in [0.15, 0.2) is 10.6 Å². The Morgan fingerprint density at radius 1 is 1.25 bits per heavy atom. The molecule has 2 amide bonds. The van der Waals surface area contributed by atoms with Crippen molar-refractivity contribution in [2.75, 3.05) is 13.1 Å². The first-order valence-corrected chi connectivity index (χ1v) is 8.40. The predicted octanol–water partition coefficient (Wildman–Crippen LogP) is 1.75. The van der Waals surface area contributed by atoms with E-state index in [0.29, 0.717) is 54.2 Å². The largest absolute Gasteiger partial charge is 0.369 e. The zero-order valence-corrected chi connectivity index (χ0v) is 13.6. The van der Waals surface area contributed by atoms with E-state index >= 15 is 0 Å². The molecule has 1 aliphatic carbocycles. The van der Waals surface area contributed by atoms with Crippen LogP contribution >= 0.6 is 0 Å². The van der Waals surface area contributed by atoms with Crippen molar-refractivity contribution in [2.24, 2.45) is 11.7 Å². The highest BCUT2D eigenvalue weighted by atomic mass is 16.5. The van der Waals surface area contributed by atoms with Gasteiger partial charge in [-0.1, -0.05) is 5.16 Å². The van der Waals surface area contributed by atoms with Gasteiger partial charge in [0.05, 0.1) is 16.6 Å². The van der Waals surface area contributed by atoms with Crippen LogP contribution in [0.4, 0.5) is 0 Å². The Kier molecular flexibility index (Phi) is 3.51. The van der Waals surface area contributed by atoms with Gasteiger partial charge in [-0.25, -0.2) is 4.98 Å². The Labute approximate surface area is 139 Å². The number of amides is 2. The molecule has 2 aromatic heterocycles. The maximum atomic E-state index is 13.0. The average Bonchev–Trinajstić information content (AvgIpc) is 3.37. The summed E-state index contributed by atoms with van der Waals surface area (Å²) in [6.45, 7) is 2.90. The van der Waals surface area contributed by atoms with Gasteiger partial charge in [0.15, 0.2) is 0 Å². The number of hydrogen-bond donors (Lipinski definition) is 1. The number of hydrogen-bond acceptors (Lipinski definition) is 5. The van der Waals surface area contributed by atoms with Gasteiger partial charge in [0.2, 0.25) is 5.91 Å². The number of primary amides is 1. The van der Waals surface area contributed by atoms with E-state index in [2.05, 4.69) is 10.1 Å². The number of nitrogens with zero attached hydrogens (tertiary/aromatic N) is 3. The number of carbonyl (C=O) groups excluding carboxylic acids is 2. The van der Waals surface area contributed by atoms with E-state index < -0.39 is 0 Å². The molecule has 0 unspecified atom stereocenters. The van der Waals surface area contributed by atoms with Crippen LogP contribution in [0.25, 0.3) is 11.1 Å². The minimum atomic E-state index is -0.278. The first-order chi connectivity index (χ1) is 11.5. The van der Waals surface area contributed by atoms with Crippen LogP contribution in [0.3, 0.4) is 0 Å². The second kappa shape index (κ2) is 5.58. The van der Waals surface area contributed by atoms with E-state index in [1.807, 2.05) is 13.0 Å². The molecule has 0 aromatic carbocycles. The highest BCUT2D eigenvalue weighted by Gasteiger charge is 2.31. The van der Waals surface area contributed by atoms with Crippen LogP contribution in [0.1, 0.15) is 53.3 Å². The van der Waals surface area contributed by atoms with Crippen LogP contribution in [0, 0.1) is 12.8 Å². The van der Waals surface area contributed by atoms with Crippen molar-refractivity contribution in [3.05, 3.63) is 23.0 Å². The molecular formula is C17H20N4O3. The fourth-order valence-electron chi connectivity index (χ4n) is 3.41. The lowest BCUT2D eigenvalue weighted by atomic mass is 9.95. The monoisotopic (exact) mass is 328 g/mol. The summed E-state index contributed by atoms with van der Waals surface area (Å²) >= 11 is 0. The molecule has 2 aromatic rings. The topological polar surface area (TPSA) is 102 Å². The highest BCUT2D eigenvalue weighted by Crippen LogP contribution is 2.40. The molecule has 126 valence electrons.